The highest BCUT2D eigenvalue weighted by Crippen LogP contribution is 2.17. The predicted octanol–water partition coefficient (Wildman–Crippen LogP) is 3.52. The maximum absolute atomic E-state index is 11.7. The van der Waals surface area contributed by atoms with Gasteiger partial charge in [0, 0.05) is 11.8 Å². The third-order valence-electron chi connectivity index (χ3n) is 2.71. The lowest BCUT2D eigenvalue weighted by Gasteiger charge is -2.03. The molecule has 0 bridgehead atoms. The number of pyridine rings is 1. The Morgan fingerprint density at radius 1 is 1.11 bits per heavy atom. The van der Waals surface area contributed by atoms with Gasteiger partial charge in [0.1, 0.15) is 0 Å². The smallest absolute Gasteiger partial charge is 0.161 e. The highest BCUT2D eigenvalue weighted by molar-refractivity contribution is 6.23. The Balaban J connectivity index is 2.43. The minimum Gasteiger partial charge on any atom is -0.294 e. The molecule has 1 heterocycles. The number of carbonyl (C=O) groups excluding carboxylic acids is 1. The summed E-state index contributed by atoms with van der Waals surface area (Å²) in [5, 5.41) is 0. The van der Waals surface area contributed by atoms with Crippen LogP contribution in [-0.4, -0.2) is 10.8 Å². The molecule has 0 aliphatic carbocycles. The summed E-state index contributed by atoms with van der Waals surface area (Å²) in [6.07, 6.45) is 3.57. The topological polar surface area (TPSA) is 30.0 Å². The van der Waals surface area contributed by atoms with Crippen molar-refractivity contribution in [2.75, 3.05) is 0 Å². The molecule has 0 fully saturated rings. The highest BCUT2D eigenvalue weighted by Gasteiger charge is 2.07. The molecule has 2 nitrogen and oxygen atoms in total. The van der Waals surface area contributed by atoms with Crippen LogP contribution in [0.5, 0.6) is 0 Å². The number of carbonyl (C=O) groups is 1. The first-order valence-corrected chi connectivity index (χ1v) is 5.87. The molecule has 0 unspecified atom stereocenters. The van der Waals surface area contributed by atoms with E-state index in [4.69, 9.17) is 0 Å². The van der Waals surface area contributed by atoms with E-state index in [0.29, 0.717) is 11.3 Å². The van der Waals surface area contributed by atoms with Gasteiger partial charge >= 0.3 is 0 Å². The maximum Gasteiger partial charge on any atom is 0.161 e. The molecule has 0 saturated heterocycles. The number of aryl methyl sites for hydroxylation is 1. The van der Waals surface area contributed by atoms with Crippen LogP contribution in [0.3, 0.4) is 0 Å². The van der Waals surface area contributed by atoms with Crippen molar-refractivity contribution >= 4 is 17.4 Å². The predicted molar refractivity (Wildman–Crippen MR) is 74.0 cm³/mol. The van der Waals surface area contributed by atoms with E-state index in [1.165, 1.54) is 5.56 Å². The van der Waals surface area contributed by atoms with Gasteiger partial charge in [-0.1, -0.05) is 35.9 Å². The molecule has 1 aromatic heterocycles. The minimum atomic E-state index is 0.0225. The number of nitrogens with zero attached hydrogens (tertiary/aromatic N) is 1. The van der Waals surface area contributed by atoms with Gasteiger partial charge < -0.3 is 0 Å². The molecule has 0 spiro atoms. The van der Waals surface area contributed by atoms with Crippen LogP contribution in [0.2, 0.25) is 0 Å². The second-order valence-electron chi connectivity index (χ2n) is 4.24. The second-order valence-corrected chi connectivity index (χ2v) is 4.24. The van der Waals surface area contributed by atoms with Crippen LogP contribution in [0.4, 0.5) is 0 Å². The number of allylic oxidation sites excluding steroid dienone is 1. The third kappa shape index (κ3) is 2.92. The van der Waals surface area contributed by atoms with Crippen LogP contribution in [-0.2, 0) is 4.79 Å². The van der Waals surface area contributed by atoms with E-state index in [0.717, 1.165) is 5.56 Å². The minimum absolute atomic E-state index is 0.0225. The first-order chi connectivity index (χ1) is 8.66. The first-order valence-electron chi connectivity index (χ1n) is 5.87. The van der Waals surface area contributed by atoms with E-state index < -0.39 is 0 Å². The van der Waals surface area contributed by atoms with Gasteiger partial charge in [0.2, 0.25) is 0 Å². The number of hydrogen-bond acceptors (Lipinski definition) is 2. The van der Waals surface area contributed by atoms with Crippen molar-refractivity contribution in [1.29, 1.82) is 0 Å². The van der Waals surface area contributed by atoms with E-state index in [1.807, 2.05) is 55.5 Å². The van der Waals surface area contributed by atoms with Crippen molar-refractivity contribution in [3.8, 4) is 0 Å². The molecule has 90 valence electrons. The lowest BCUT2D eigenvalue weighted by molar-refractivity contribution is -0.111. The first kappa shape index (κ1) is 12.2. The van der Waals surface area contributed by atoms with Gasteiger partial charge in [-0.15, -0.1) is 0 Å². The van der Waals surface area contributed by atoms with Gasteiger partial charge in [-0.25, -0.2) is 0 Å². The number of benzene rings is 1. The Labute approximate surface area is 107 Å². The lowest BCUT2D eigenvalue weighted by Crippen LogP contribution is -1.98. The highest BCUT2D eigenvalue weighted by atomic mass is 16.1. The Kier molecular flexibility index (Phi) is 3.68. The zero-order valence-electron chi connectivity index (χ0n) is 10.6. The molecule has 1 aromatic carbocycles. The average Bonchev–Trinajstić information content (AvgIpc) is 2.38. The Morgan fingerprint density at radius 3 is 2.39 bits per heavy atom. The molecule has 0 aliphatic rings. The van der Waals surface area contributed by atoms with Gasteiger partial charge in [-0.2, -0.15) is 0 Å². The summed E-state index contributed by atoms with van der Waals surface area (Å²) in [6.45, 7) is 3.60. The molecule has 2 heteroatoms. The summed E-state index contributed by atoms with van der Waals surface area (Å²) in [5.74, 6) is 0.0225. The number of aromatic nitrogens is 1. The molecule has 18 heavy (non-hydrogen) atoms. The fourth-order valence-corrected chi connectivity index (χ4v) is 1.71. The largest absolute Gasteiger partial charge is 0.294 e. The van der Waals surface area contributed by atoms with Crippen molar-refractivity contribution in [2.24, 2.45) is 0 Å². The van der Waals surface area contributed by atoms with Crippen LogP contribution >= 0.6 is 0 Å². The van der Waals surface area contributed by atoms with E-state index in [1.54, 1.807) is 13.1 Å². The van der Waals surface area contributed by atoms with E-state index >= 15 is 0 Å². The summed E-state index contributed by atoms with van der Waals surface area (Å²) in [5.41, 5.74) is 3.57. The van der Waals surface area contributed by atoms with Gasteiger partial charge in [0.25, 0.3) is 0 Å². The summed E-state index contributed by atoms with van der Waals surface area (Å²) < 4.78 is 0. The zero-order chi connectivity index (χ0) is 13.0. The molecule has 0 N–H and O–H groups in total. The molecule has 0 atom stereocenters. The zero-order valence-corrected chi connectivity index (χ0v) is 10.6. The number of Topliss-reactive ketones (excluding diaryl/α,β-unsaturated/α-hetero) is 1. The maximum atomic E-state index is 11.7. The van der Waals surface area contributed by atoms with Crippen molar-refractivity contribution in [1.82, 2.24) is 4.98 Å². The molecular weight excluding hydrogens is 222 g/mol. The molecular formula is C16H15NO. The lowest BCUT2D eigenvalue weighted by atomic mass is 10.0. The van der Waals surface area contributed by atoms with E-state index in [-0.39, 0.29) is 5.78 Å². The van der Waals surface area contributed by atoms with Crippen LogP contribution in [0.25, 0.3) is 11.6 Å². The van der Waals surface area contributed by atoms with Crippen LogP contribution in [0.1, 0.15) is 23.7 Å². The summed E-state index contributed by atoms with van der Waals surface area (Å²) >= 11 is 0. The van der Waals surface area contributed by atoms with Gasteiger partial charge in [0.15, 0.2) is 5.78 Å². The third-order valence-corrected chi connectivity index (χ3v) is 2.71. The van der Waals surface area contributed by atoms with E-state index in [9.17, 15) is 4.79 Å². The van der Waals surface area contributed by atoms with E-state index in [2.05, 4.69) is 4.98 Å². The summed E-state index contributed by atoms with van der Waals surface area (Å²) in [6, 6.07) is 13.6. The number of hydrogen-bond donors (Lipinski definition) is 0. The Hall–Kier alpha value is -2.22. The summed E-state index contributed by atoms with van der Waals surface area (Å²) in [7, 11) is 0. The normalized spacial score (nSPS) is 11.3. The van der Waals surface area contributed by atoms with Crippen molar-refractivity contribution in [3.05, 3.63) is 65.5 Å². The molecule has 2 rings (SSSR count). The fraction of sp³-hybridized carbons (Fsp3) is 0.125. The fourth-order valence-electron chi connectivity index (χ4n) is 1.71. The number of ketones is 1. The van der Waals surface area contributed by atoms with Crippen LogP contribution in [0, 0.1) is 6.92 Å². The van der Waals surface area contributed by atoms with Crippen LogP contribution in [0.15, 0.2) is 48.7 Å². The van der Waals surface area contributed by atoms with Crippen molar-refractivity contribution in [2.45, 2.75) is 13.8 Å². The quantitative estimate of drug-likeness (QED) is 0.764. The van der Waals surface area contributed by atoms with Crippen LogP contribution < -0.4 is 0 Å². The molecule has 0 aliphatic heterocycles. The van der Waals surface area contributed by atoms with Gasteiger partial charge in [-0.3, -0.25) is 9.78 Å². The Morgan fingerprint density at radius 2 is 1.83 bits per heavy atom. The van der Waals surface area contributed by atoms with Gasteiger partial charge in [-0.05, 0) is 37.6 Å². The number of rotatable bonds is 3. The SMILES string of the molecule is CC(=O)/C(=C/c1ccc(C)cc1)c1ccccn1. The second kappa shape index (κ2) is 5.41. The summed E-state index contributed by atoms with van der Waals surface area (Å²) in [4.78, 5) is 15.9. The molecule has 0 saturated carbocycles. The van der Waals surface area contributed by atoms with Gasteiger partial charge in [0.05, 0.1) is 5.69 Å². The molecule has 2 aromatic rings. The molecule has 0 radical (unpaired) electrons. The van der Waals surface area contributed by atoms with Crippen molar-refractivity contribution < 1.29 is 4.79 Å². The average molecular weight is 237 g/mol. The monoisotopic (exact) mass is 237 g/mol. The van der Waals surface area contributed by atoms with Crippen molar-refractivity contribution in [3.63, 3.8) is 0 Å². The molecule has 0 amide bonds. The standard InChI is InChI=1S/C16H15NO/c1-12-6-8-14(9-7-12)11-15(13(2)18)16-5-3-4-10-17-16/h3-11H,1-2H3/b15-11-. The Bertz CT molecular complexity index is 568.